The minimum absolute atomic E-state index is 1.10. The Morgan fingerprint density at radius 2 is 0.463 bits per heavy atom. The molecule has 0 spiro atoms. The van der Waals surface area contributed by atoms with Gasteiger partial charge in [-0.25, -0.2) is 0 Å². The van der Waals surface area contributed by atoms with Gasteiger partial charge in [-0.1, -0.05) is 268 Å². The Hall–Kier alpha value is -13.2. The maximum Gasteiger partial charge on any atom is 0.0542 e. The minimum Gasteiger partial charge on any atom is -0.356 e. The van der Waals surface area contributed by atoms with E-state index in [0.717, 1.165) is 76.9 Å². The van der Waals surface area contributed by atoms with E-state index in [9.17, 15) is 0 Å². The normalized spacial score (nSPS) is 11.4. The van der Waals surface area contributed by atoms with Gasteiger partial charge in [-0.05, 0) is 216 Å². The van der Waals surface area contributed by atoms with Crippen molar-refractivity contribution < 1.29 is 0 Å². The Kier molecular flexibility index (Phi) is 19.6. The first kappa shape index (κ1) is 67.9. The van der Waals surface area contributed by atoms with Crippen LogP contribution in [0.15, 0.2) is 415 Å². The molecule has 0 aliphatic rings. The van der Waals surface area contributed by atoms with Crippen LogP contribution in [0.5, 0.6) is 0 Å². The summed E-state index contributed by atoms with van der Waals surface area (Å²) in [6.45, 7) is 0. The summed E-state index contributed by atoms with van der Waals surface area (Å²) in [5.74, 6) is 0. The quantitative estimate of drug-likeness (QED) is 0.104. The minimum atomic E-state index is 1.10. The van der Waals surface area contributed by atoms with Gasteiger partial charge < -0.3 is 28.8 Å². The Morgan fingerprint density at radius 1 is 0.204 bits per heavy atom. The van der Waals surface area contributed by atoms with Gasteiger partial charge in [-0.2, -0.15) is 0 Å². The molecule has 19 aromatic rings. The van der Waals surface area contributed by atoms with Gasteiger partial charge in [0.25, 0.3) is 0 Å². The Balaban J connectivity index is 0.000000164. The van der Waals surface area contributed by atoms with Gasteiger partial charge in [0.15, 0.2) is 0 Å². The lowest BCUT2D eigenvalue weighted by Crippen LogP contribution is -2.09. The highest BCUT2D eigenvalue weighted by Gasteiger charge is 2.20. The molecule has 0 atom stereocenters. The zero-order chi connectivity index (χ0) is 72.5. The van der Waals surface area contributed by atoms with Crippen LogP contribution in [-0.2, 0) is 0 Å². The highest BCUT2D eigenvalue weighted by molar-refractivity contribution is 9.10. The van der Waals surface area contributed by atoms with Crippen molar-refractivity contribution in [2.45, 2.75) is 0 Å². The summed E-state index contributed by atoms with van der Waals surface area (Å²) in [5.41, 5.74) is 24.2. The molecule has 0 aliphatic heterocycles. The highest BCUT2D eigenvalue weighted by Crippen LogP contribution is 2.43. The van der Waals surface area contributed by atoms with Gasteiger partial charge in [0.1, 0.15) is 0 Å². The molecular formula is C100H72Br2N6. The van der Waals surface area contributed by atoms with Crippen molar-refractivity contribution in [2.75, 3.05) is 15.1 Å². The molecule has 8 heteroatoms. The fraction of sp³-hybridized carbons (Fsp3) is 0. The van der Waals surface area contributed by atoms with Crippen molar-refractivity contribution in [2.24, 2.45) is 0 Å². The molecule has 108 heavy (non-hydrogen) atoms. The van der Waals surface area contributed by atoms with E-state index in [4.69, 9.17) is 0 Å². The SMILES string of the molecule is Brc1ccc(/C=C/c2ccc(Br)cc2)cc1.C(=C\c1ccc(N(c2ccccc2)c2ccc3c(c2)c2ccccc2n3-c2ccccc2)cc1)/c1ccc(N(c2ccccc2)c2ccc3c(c2)c2ccccc2n3-c2ccccc2)cc1.c1ccc(Nc2ccc3c(c2)c2ccccc2n3-c2ccccc2)cc1. The molecule has 0 saturated heterocycles. The largest absolute Gasteiger partial charge is 0.356 e. The third kappa shape index (κ3) is 14.4. The number of aromatic nitrogens is 3. The number of para-hydroxylation sites is 9. The lowest BCUT2D eigenvalue weighted by Gasteiger charge is -2.26. The molecule has 6 nitrogen and oxygen atoms in total. The summed E-state index contributed by atoms with van der Waals surface area (Å²) in [6, 6.07) is 144. The summed E-state index contributed by atoms with van der Waals surface area (Å²) in [7, 11) is 0. The molecule has 0 radical (unpaired) electrons. The van der Waals surface area contributed by atoms with E-state index < -0.39 is 0 Å². The fourth-order valence-corrected chi connectivity index (χ4v) is 15.1. The summed E-state index contributed by atoms with van der Waals surface area (Å²) < 4.78 is 9.27. The van der Waals surface area contributed by atoms with E-state index >= 15 is 0 Å². The molecule has 516 valence electrons. The van der Waals surface area contributed by atoms with Gasteiger partial charge in [0.2, 0.25) is 0 Å². The fourth-order valence-electron chi connectivity index (χ4n) is 14.6. The van der Waals surface area contributed by atoms with Gasteiger partial charge in [-0.3, -0.25) is 0 Å². The molecule has 0 fully saturated rings. The first-order valence-corrected chi connectivity index (χ1v) is 37.8. The first-order chi connectivity index (χ1) is 53.4. The second-order valence-corrected chi connectivity index (χ2v) is 28.3. The van der Waals surface area contributed by atoms with E-state index in [0.29, 0.717) is 0 Å². The zero-order valence-corrected chi connectivity index (χ0v) is 62.2. The maximum absolute atomic E-state index is 3.50. The van der Waals surface area contributed by atoms with E-state index in [-0.39, 0.29) is 0 Å². The molecule has 0 saturated carbocycles. The van der Waals surface area contributed by atoms with Crippen molar-refractivity contribution in [3.8, 4) is 17.1 Å². The Morgan fingerprint density at radius 3 is 0.815 bits per heavy atom. The predicted molar refractivity (Wildman–Crippen MR) is 468 cm³/mol. The molecule has 0 bridgehead atoms. The topological polar surface area (TPSA) is 33.3 Å². The van der Waals surface area contributed by atoms with Gasteiger partial charge in [-0.15, -0.1) is 0 Å². The summed E-state index contributed by atoms with van der Waals surface area (Å²) in [5, 5.41) is 10.9. The van der Waals surface area contributed by atoms with Crippen LogP contribution >= 0.6 is 31.9 Å². The van der Waals surface area contributed by atoms with Crippen molar-refractivity contribution >= 4 is 167 Å². The summed E-state index contributed by atoms with van der Waals surface area (Å²) in [6.07, 6.45) is 8.61. The summed E-state index contributed by atoms with van der Waals surface area (Å²) >= 11 is 6.84. The smallest absolute Gasteiger partial charge is 0.0542 e. The van der Waals surface area contributed by atoms with Crippen LogP contribution in [0.1, 0.15) is 22.3 Å². The number of benzene rings is 16. The second-order valence-electron chi connectivity index (χ2n) is 26.5. The first-order valence-electron chi connectivity index (χ1n) is 36.2. The average molecular weight is 1520 g/mol. The highest BCUT2D eigenvalue weighted by atomic mass is 79.9. The van der Waals surface area contributed by atoms with Crippen LogP contribution in [0.2, 0.25) is 0 Å². The number of nitrogens with zero attached hydrogens (tertiary/aromatic N) is 5. The van der Waals surface area contributed by atoms with Crippen LogP contribution in [-0.4, -0.2) is 13.7 Å². The molecule has 3 heterocycles. The molecule has 0 unspecified atom stereocenters. The number of fused-ring (bicyclic) bond motifs is 9. The number of rotatable bonds is 15. The van der Waals surface area contributed by atoms with E-state index in [1.807, 2.05) is 42.5 Å². The predicted octanol–water partition coefficient (Wildman–Crippen LogP) is 28.9. The molecular weight excluding hydrogens is 1440 g/mol. The third-order valence-corrected chi connectivity index (χ3v) is 20.7. The van der Waals surface area contributed by atoms with Gasteiger partial charge in [0.05, 0.1) is 33.1 Å². The molecule has 1 N–H and O–H groups in total. The van der Waals surface area contributed by atoms with Crippen LogP contribution in [0.4, 0.5) is 45.5 Å². The maximum atomic E-state index is 3.50. The van der Waals surface area contributed by atoms with Crippen LogP contribution < -0.4 is 15.1 Å². The average Bonchev–Trinajstić information content (AvgIpc) is 1.60. The van der Waals surface area contributed by atoms with Crippen LogP contribution in [0.3, 0.4) is 0 Å². The van der Waals surface area contributed by atoms with E-state index in [1.165, 1.54) is 82.2 Å². The number of hydrogen-bond donors (Lipinski definition) is 1. The van der Waals surface area contributed by atoms with E-state index in [1.54, 1.807) is 0 Å². The van der Waals surface area contributed by atoms with Crippen LogP contribution in [0, 0.1) is 0 Å². The zero-order valence-electron chi connectivity index (χ0n) is 59.0. The standard InChI is InChI=1S/C62H44N4.C24H18N2.C14H10Br2/c1-5-17-47(18-6-1)63(53-39-41-61-57(43-53)55-25-13-15-27-59(55)65(61)49-21-9-3-10-22-49)51-35-31-45(32-36-51)29-30-46-33-37-52(38-34-46)64(48-19-7-2-8-20-48)54-40-42-62-58(44-54)56-26-14-16-28-60(56)66(62)50-23-11-4-12-24-50;1-3-9-18(10-4-1)25-19-15-16-24-22(17-19)21-13-7-8-14-23(21)26(24)20-11-5-2-6-12-20;15-13-7-3-11(4-8-13)1-2-12-5-9-14(16)10-6-12/h1-44H;1-17,25H;1-10H/b30-29+;;2-1+. The van der Waals surface area contributed by atoms with Gasteiger partial charge >= 0.3 is 0 Å². The molecule has 16 aromatic carbocycles. The second kappa shape index (κ2) is 31.2. The Labute approximate surface area is 645 Å². The lowest BCUT2D eigenvalue weighted by atomic mass is 10.1. The van der Waals surface area contributed by atoms with Crippen molar-refractivity contribution in [3.05, 3.63) is 438 Å². The van der Waals surface area contributed by atoms with Gasteiger partial charge in [0, 0.05) is 104 Å². The van der Waals surface area contributed by atoms with Crippen molar-refractivity contribution in [1.82, 2.24) is 13.7 Å². The van der Waals surface area contributed by atoms with Crippen molar-refractivity contribution in [1.29, 1.82) is 0 Å². The van der Waals surface area contributed by atoms with Crippen molar-refractivity contribution in [3.63, 3.8) is 0 Å². The molecule has 3 aromatic heterocycles. The molecule has 0 aliphatic carbocycles. The summed E-state index contributed by atoms with van der Waals surface area (Å²) in [4.78, 5) is 4.69. The van der Waals surface area contributed by atoms with Crippen LogP contribution in [0.25, 0.3) is 107 Å². The number of nitrogens with one attached hydrogen (secondary N) is 1. The number of halogens is 2. The van der Waals surface area contributed by atoms with E-state index in [2.05, 4.69) is 449 Å². The Bertz CT molecular complexity index is 6060. The lowest BCUT2D eigenvalue weighted by molar-refractivity contribution is 1.18. The number of anilines is 8. The molecule has 0 amide bonds. The monoisotopic (exact) mass is 1510 g/mol. The third-order valence-electron chi connectivity index (χ3n) is 19.6. The number of hydrogen-bond acceptors (Lipinski definition) is 3. The molecule has 19 rings (SSSR count).